The topological polar surface area (TPSA) is 30.5 Å². The maximum Gasteiger partial charge on any atom is 0.162 e. The van der Waals surface area contributed by atoms with Crippen LogP contribution in [0.3, 0.4) is 0 Å². The van der Waals surface area contributed by atoms with Crippen molar-refractivity contribution in [2.24, 2.45) is 0 Å². The van der Waals surface area contributed by atoms with Gasteiger partial charge in [0.05, 0.1) is 0 Å². The lowest BCUT2D eigenvalue weighted by molar-refractivity contribution is 0.171. The van der Waals surface area contributed by atoms with E-state index in [0.717, 1.165) is 23.4 Å². The summed E-state index contributed by atoms with van der Waals surface area (Å²) in [5, 5.41) is 3.48. The summed E-state index contributed by atoms with van der Waals surface area (Å²) in [7, 11) is 0. The molecule has 0 radical (unpaired) electrons. The van der Waals surface area contributed by atoms with Crippen LogP contribution in [0.4, 0.5) is 0 Å². The number of thioether (sulfide) groups is 1. The molecule has 3 rings (SSSR count). The summed E-state index contributed by atoms with van der Waals surface area (Å²) in [6, 6.07) is 6.92. The number of rotatable bonds is 4. The van der Waals surface area contributed by atoms with Crippen LogP contribution in [0.1, 0.15) is 12.8 Å². The van der Waals surface area contributed by atoms with E-state index in [1.807, 2.05) is 17.8 Å². The zero-order chi connectivity index (χ0) is 10.8. The first-order valence-corrected chi connectivity index (χ1v) is 6.66. The molecular formula is C12H15NO2S. The summed E-state index contributed by atoms with van der Waals surface area (Å²) in [5.41, 5.74) is 0. The van der Waals surface area contributed by atoms with Gasteiger partial charge in [-0.3, -0.25) is 0 Å². The van der Waals surface area contributed by atoms with Crippen LogP contribution in [-0.2, 0) is 0 Å². The van der Waals surface area contributed by atoms with Crippen LogP contribution in [0.15, 0.2) is 23.1 Å². The fraction of sp³-hybridized carbons (Fsp3) is 0.500. The van der Waals surface area contributed by atoms with Gasteiger partial charge in [0.15, 0.2) is 11.5 Å². The van der Waals surface area contributed by atoms with E-state index < -0.39 is 0 Å². The van der Waals surface area contributed by atoms with E-state index >= 15 is 0 Å². The van der Waals surface area contributed by atoms with Crippen LogP contribution in [0.5, 0.6) is 11.5 Å². The SMILES string of the molecule is c1cc2c(cc1SCNC1CC1)OCCO2. The molecule has 16 heavy (non-hydrogen) atoms. The van der Waals surface area contributed by atoms with Gasteiger partial charge in [-0.2, -0.15) is 0 Å². The van der Waals surface area contributed by atoms with Crippen molar-refractivity contribution >= 4 is 11.8 Å². The predicted octanol–water partition coefficient (Wildman–Crippen LogP) is 2.26. The molecule has 1 aromatic rings. The Labute approximate surface area is 99.5 Å². The van der Waals surface area contributed by atoms with E-state index in [1.54, 1.807) is 0 Å². The average Bonchev–Trinajstić information content (AvgIpc) is 3.13. The van der Waals surface area contributed by atoms with Crippen molar-refractivity contribution in [1.82, 2.24) is 5.32 Å². The maximum absolute atomic E-state index is 5.55. The smallest absolute Gasteiger partial charge is 0.162 e. The van der Waals surface area contributed by atoms with Gasteiger partial charge in [0.1, 0.15) is 13.2 Å². The lowest BCUT2D eigenvalue weighted by Crippen LogP contribution is -2.16. The zero-order valence-corrected chi connectivity index (χ0v) is 9.89. The second-order valence-electron chi connectivity index (χ2n) is 4.07. The Bertz CT molecular complexity index is 379. The standard InChI is InChI=1S/C12H15NO2S/c1-2-9(1)13-8-16-10-3-4-11-12(7-10)15-6-5-14-11/h3-4,7,9,13H,1-2,5-6,8H2. The summed E-state index contributed by atoms with van der Waals surface area (Å²) < 4.78 is 11.0. The normalized spacial score (nSPS) is 18.5. The molecule has 3 nitrogen and oxygen atoms in total. The number of ether oxygens (including phenoxy) is 2. The van der Waals surface area contributed by atoms with Crippen LogP contribution in [0.2, 0.25) is 0 Å². The monoisotopic (exact) mass is 237 g/mol. The number of hydrogen-bond acceptors (Lipinski definition) is 4. The fourth-order valence-electron chi connectivity index (χ4n) is 1.64. The van der Waals surface area contributed by atoms with Gasteiger partial charge in [0.2, 0.25) is 0 Å². The minimum Gasteiger partial charge on any atom is -0.486 e. The highest BCUT2D eigenvalue weighted by Gasteiger charge is 2.20. The van der Waals surface area contributed by atoms with Gasteiger partial charge in [-0.1, -0.05) is 0 Å². The summed E-state index contributed by atoms with van der Waals surface area (Å²) in [5.74, 6) is 2.72. The molecule has 0 bridgehead atoms. The van der Waals surface area contributed by atoms with Crippen LogP contribution in [-0.4, -0.2) is 25.1 Å². The Hall–Kier alpha value is -0.870. The van der Waals surface area contributed by atoms with E-state index in [-0.39, 0.29) is 0 Å². The minimum absolute atomic E-state index is 0.654. The lowest BCUT2D eigenvalue weighted by Gasteiger charge is -2.18. The van der Waals surface area contributed by atoms with E-state index in [9.17, 15) is 0 Å². The van der Waals surface area contributed by atoms with Crippen LogP contribution >= 0.6 is 11.8 Å². The van der Waals surface area contributed by atoms with Gasteiger partial charge in [0.25, 0.3) is 0 Å². The van der Waals surface area contributed by atoms with Crippen molar-refractivity contribution in [3.05, 3.63) is 18.2 Å². The van der Waals surface area contributed by atoms with Gasteiger partial charge in [0, 0.05) is 16.8 Å². The van der Waals surface area contributed by atoms with Crippen molar-refractivity contribution in [3.8, 4) is 11.5 Å². The highest BCUT2D eigenvalue weighted by Crippen LogP contribution is 2.34. The van der Waals surface area contributed by atoms with Gasteiger partial charge in [-0.05, 0) is 31.0 Å². The molecule has 1 heterocycles. The number of fused-ring (bicyclic) bond motifs is 1. The third-order valence-corrected chi connectivity index (χ3v) is 3.60. The molecule has 0 atom stereocenters. The molecule has 1 saturated carbocycles. The molecule has 1 aliphatic carbocycles. The van der Waals surface area contributed by atoms with E-state index in [2.05, 4.69) is 17.4 Å². The molecule has 1 aromatic carbocycles. The minimum atomic E-state index is 0.654. The van der Waals surface area contributed by atoms with Gasteiger partial charge < -0.3 is 14.8 Å². The maximum atomic E-state index is 5.55. The molecule has 0 amide bonds. The Morgan fingerprint density at radius 2 is 2.00 bits per heavy atom. The van der Waals surface area contributed by atoms with Gasteiger partial charge >= 0.3 is 0 Å². The molecular weight excluding hydrogens is 222 g/mol. The van der Waals surface area contributed by atoms with Crippen molar-refractivity contribution in [2.75, 3.05) is 19.1 Å². The molecule has 2 aliphatic rings. The molecule has 0 unspecified atom stereocenters. The summed E-state index contributed by atoms with van der Waals surface area (Å²) in [6.45, 7) is 1.31. The quantitative estimate of drug-likeness (QED) is 0.643. The summed E-state index contributed by atoms with van der Waals surface area (Å²) >= 11 is 1.81. The number of hydrogen-bond donors (Lipinski definition) is 1. The molecule has 0 aromatic heterocycles. The van der Waals surface area contributed by atoms with Gasteiger partial charge in [-0.25, -0.2) is 0 Å². The fourth-order valence-corrected chi connectivity index (χ4v) is 2.48. The Morgan fingerprint density at radius 1 is 1.19 bits per heavy atom. The largest absolute Gasteiger partial charge is 0.486 e. The number of nitrogens with one attached hydrogen (secondary N) is 1. The second kappa shape index (κ2) is 4.55. The lowest BCUT2D eigenvalue weighted by atomic mass is 10.3. The first-order chi connectivity index (χ1) is 7.92. The van der Waals surface area contributed by atoms with Crippen molar-refractivity contribution in [2.45, 2.75) is 23.8 Å². The molecule has 86 valence electrons. The third kappa shape index (κ3) is 2.44. The number of benzene rings is 1. The molecule has 0 spiro atoms. The van der Waals surface area contributed by atoms with Crippen LogP contribution in [0, 0.1) is 0 Å². The van der Waals surface area contributed by atoms with Crippen molar-refractivity contribution in [1.29, 1.82) is 0 Å². The molecule has 1 N–H and O–H groups in total. The van der Waals surface area contributed by atoms with Crippen molar-refractivity contribution < 1.29 is 9.47 Å². The Balaban J connectivity index is 1.60. The Morgan fingerprint density at radius 3 is 2.81 bits per heavy atom. The van der Waals surface area contributed by atoms with Crippen LogP contribution < -0.4 is 14.8 Å². The van der Waals surface area contributed by atoms with Crippen molar-refractivity contribution in [3.63, 3.8) is 0 Å². The highest BCUT2D eigenvalue weighted by molar-refractivity contribution is 7.99. The molecule has 1 fully saturated rings. The second-order valence-corrected chi connectivity index (χ2v) is 5.12. The zero-order valence-electron chi connectivity index (χ0n) is 9.07. The summed E-state index contributed by atoms with van der Waals surface area (Å²) in [6.07, 6.45) is 2.67. The first kappa shape index (κ1) is 10.3. The van der Waals surface area contributed by atoms with E-state index in [4.69, 9.17) is 9.47 Å². The molecule has 1 aliphatic heterocycles. The average molecular weight is 237 g/mol. The molecule has 4 heteroatoms. The van der Waals surface area contributed by atoms with Crippen LogP contribution in [0.25, 0.3) is 0 Å². The molecule has 0 saturated heterocycles. The van der Waals surface area contributed by atoms with E-state index in [0.29, 0.717) is 13.2 Å². The summed E-state index contributed by atoms with van der Waals surface area (Å²) in [4.78, 5) is 1.23. The highest BCUT2D eigenvalue weighted by atomic mass is 32.2. The third-order valence-electron chi connectivity index (χ3n) is 2.70. The van der Waals surface area contributed by atoms with E-state index in [1.165, 1.54) is 17.7 Å². The first-order valence-electron chi connectivity index (χ1n) is 5.68. The van der Waals surface area contributed by atoms with Gasteiger partial charge in [-0.15, -0.1) is 11.8 Å². The predicted molar refractivity (Wildman–Crippen MR) is 64.3 cm³/mol. The Kier molecular flexibility index (Phi) is 2.93.